The number of hydrogen-bond donors (Lipinski definition) is 1. The molecular weight excluding hydrogens is 320 g/mol. The fourth-order valence-corrected chi connectivity index (χ4v) is 3.80. The first kappa shape index (κ1) is 14.9. The van der Waals surface area contributed by atoms with Gasteiger partial charge in [0.2, 0.25) is 0 Å². The molecule has 1 aliphatic rings. The summed E-state index contributed by atoms with van der Waals surface area (Å²) >= 11 is 1.48. The summed E-state index contributed by atoms with van der Waals surface area (Å²) in [5.74, 6) is 0.637. The minimum atomic E-state index is -0.494. The Morgan fingerprint density at radius 3 is 2.71 bits per heavy atom. The Balaban J connectivity index is 1.50. The van der Waals surface area contributed by atoms with Crippen molar-refractivity contribution in [3.63, 3.8) is 0 Å². The van der Waals surface area contributed by atoms with Gasteiger partial charge in [-0.1, -0.05) is 59.9 Å². The summed E-state index contributed by atoms with van der Waals surface area (Å²) in [5, 5.41) is 3.50. The molecule has 0 radical (unpaired) electrons. The van der Waals surface area contributed by atoms with E-state index >= 15 is 0 Å². The number of aryl methyl sites for hydroxylation is 1. The maximum absolute atomic E-state index is 12.5. The summed E-state index contributed by atoms with van der Waals surface area (Å²) in [4.78, 5) is 18.0. The van der Waals surface area contributed by atoms with Crippen LogP contribution < -0.4 is 10.1 Å². The highest BCUT2D eigenvalue weighted by Crippen LogP contribution is 2.33. The van der Waals surface area contributed by atoms with Gasteiger partial charge in [-0.2, -0.15) is 0 Å². The van der Waals surface area contributed by atoms with Gasteiger partial charge in [-0.3, -0.25) is 10.1 Å². The van der Waals surface area contributed by atoms with Gasteiger partial charge in [0.15, 0.2) is 11.2 Å². The van der Waals surface area contributed by atoms with E-state index in [9.17, 15) is 4.79 Å². The van der Waals surface area contributed by atoms with Crippen LogP contribution in [-0.2, 0) is 11.2 Å². The molecule has 120 valence electrons. The van der Waals surface area contributed by atoms with Crippen molar-refractivity contribution in [2.24, 2.45) is 0 Å². The third-order valence-electron chi connectivity index (χ3n) is 4.00. The molecule has 0 bridgehead atoms. The standard InChI is InChI=1S/C19H16N2O2S/c1-12-17(13-7-3-2-4-8-13)24-19(20-12)21-18(22)16-11-14-9-5-6-10-15(14)23-16/h2-10,16H,11H2,1H3,(H,20,21,22). The molecule has 2 aromatic carbocycles. The van der Waals surface area contributed by atoms with Crippen LogP contribution in [0, 0.1) is 6.92 Å². The molecule has 24 heavy (non-hydrogen) atoms. The summed E-state index contributed by atoms with van der Waals surface area (Å²) in [6.07, 6.45) is 0.101. The second-order valence-corrected chi connectivity index (χ2v) is 6.71. The molecule has 1 amide bonds. The molecule has 0 saturated carbocycles. The molecule has 1 unspecified atom stereocenters. The smallest absolute Gasteiger partial charge is 0.267 e. The van der Waals surface area contributed by atoms with Gasteiger partial charge in [-0.25, -0.2) is 4.98 Å². The molecule has 5 heteroatoms. The fraction of sp³-hybridized carbons (Fsp3) is 0.158. The van der Waals surface area contributed by atoms with Crippen LogP contribution in [0.1, 0.15) is 11.3 Å². The Bertz CT molecular complexity index is 864. The van der Waals surface area contributed by atoms with Crippen LogP contribution in [0.15, 0.2) is 54.6 Å². The van der Waals surface area contributed by atoms with Gasteiger partial charge in [0.25, 0.3) is 5.91 Å². The number of carbonyl (C=O) groups excluding carboxylic acids is 1. The number of nitrogens with zero attached hydrogens (tertiary/aromatic N) is 1. The van der Waals surface area contributed by atoms with Gasteiger partial charge in [0, 0.05) is 6.42 Å². The molecule has 1 aromatic heterocycles. The second-order valence-electron chi connectivity index (χ2n) is 5.71. The zero-order valence-corrected chi connectivity index (χ0v) is 14.0. The van der Waals surface area contributed by atoms with Crippen molar-refractivity contribution < 1.29 is 9.53 Å². The topological polar surface area (TPSA) is 51.2 Å². The van der Waals surface area contributed by atoms with Crippen LogP contribution in [-0.4, -0.2) is 17.0 Å². The Hall–Kier alpha value is -2.66. The first-order chi connectivity index (χ1) is 11.7. The van der Waals surface area contributed by atoms with E-state index in [1.165, 1.54) is 11.3 Å². The lowest BCUT2D eigenvalue weighted by Crippen LogP contribution is -2.31. The third-order valence-corrected chi connectivity index (χ3v) is 5.12. The van der Waals surface area contributed by atoms with E-state index in [4.69, 9.17) is 4.74 Å². The highest BCUT2D eigenvalue weighted by molar-refractivity contribution is 7.19. The lowest BCUT2D eigenvalue weighted by molar-refractivity contribution is -0.122. The van der Waals surface area contributed by atoms with Crippen molar-refractivity contribution in [2.45, 2.75) is 19.4 Å². The van der Waals surface area contributed by atoms with E-state index in [2.05, 4.69) is 10.3 Å². The van der Waals surface area contributed by atoms with E-state index in [0.717, 1.165) is 27.4 Å². The number of hydrogen-bond acceptors (Lipinski definition) is 4. The number of amides is 1. The predicted molar refractivity (Wildman–Crippen MR) is 95.5 cm³/mol. The zero-order valence-electron chi connectivity index (χ0n) is 13.2. The van der Waals surface area contributed by atoms with Gasteiger partial charge < -0.3 is 4.74 Å². The van der Waals surface area contributed by atoms with Crippen molar-refractivity contribution in [3.8, 4) is 16.2 Å². The number of anilines is 1. The van der Waals surface area contributed by atoms with Crippen molar-refractivity contribution in [2.75, 3.05) is 5.32 Å². The first-order valence-electron chi connectivity index (χ1n) is 7.79. The Kier molecular flexibility index (Phi) is 3.78. The van der Waals surface area contributed by atoms with E-state index in [0.29, 0.717) is 11.6 Å². The van der Waals surface area contributed by atoms with Gasteiger partial charge in [-0.05, 0) is 24.1 Å². The molecule has 0 aliphatic carbocycles. The number of carbonyl (C=O) groups is 1. The minimum Gasteiger partial charge on any atom is -0.480 e. The first-order valence-corrected chi connectivity index (χ1v) is 8.60. The third kappa shape index (κ3) is 2.78. The summed E-state index contributed by atoms with van der Waals surface area (Å²) in [6.45, 7) is 1.95. The highest BCUT2D eigenvalue weighted by Gasteiger charge is 2.29. The van der Waals surface area contributed by atoms with Crippen molar-refractivity contribution in [1.29, 1.82) is 0 Å². The van der Waals surface area contributed by atoms with E-state index in [1.807, 2.05) is 61.5 Å². The summed E-state index contributed by atoms with van der Waals surface area (Å²) < 4.78 is 5.73. The molecule has 1 N–H and O–H groups in total. The Morgan fingerprint density at radius 2 is 1.92 bits per heavy atom. The predicted octanol–water partition coefficient (Wildman–Crippen LogP) is 4.06. The number of benzene rings is 2. The molecule has 2 heterocycles. The lowest BCUT2D eigenvalue weighted by atomic mass is 10.1. The van der Waals surface area contributed by atoms with Crippen LogP contribution in [0.2, 0.25) is 0 Å². The molecule has 0 spiro atoms. The average molecular weight is 336 g/mol. The Morgan fingerprint density at radius 1 is 1.17 bits per heavy atom. The summed E-state index contributed by atoms with van der Waals surface area (Å²) in [7, 11) is 0. The number of ether oxygens (including phenoxy) is 1. The highest BCUT2D eigenvalue weighted by atomic mass is 32.1. The summed E-state index contributed by atoms with van der Waals surface area (Å²) in [6, 6.07) is 17.8. The molecule has 1 aliphatic heterocycles. The number of para-hydroxylation sites is 1. The maximum Gasteiger partial charge on any atom is 0.267 e. The largest absolute Gasteiger partial charge is 0.480 e. The second kappa shape index (κ2) is 6.09. The van der Waals surface area contributed by atoms with Crippen LogP contribution >= 0.6 is 11.3 Å². The monoisotopic (exact) mass is 336 g/mol. The number of nitrogens with one attached hydrogen (secondary N) is 1. The average Bonchev–Trinajstić information content (AvgIpc) is 3.19. The molecule has 4 rings (SSSR count). The summed E-state index contributed by atoms with van der Waals surface area (Å²) in [5.41, 5.74) is 3.09. The van der Waals surface area contributed by atoms with Gasteiger partial charge in [0.05, 0.1) is 10.6 Å². The molecule has 4 nitrogen and oxygen atoms in total. The molecule has 1 atom stereocenters. The van der Waals surface area contributed by atoms with Crippen LogP contribution in [0.25, 0.3) is 10.4 Å². The van der Waals surface area contributed by atoms with Crippen molar-refractivity contribution in [3.05, 3.63) is 65.9 Å². The zero-order chi connectivity index (χ0) is 16.5. The molecule has 3 aromatic rings. The number of thiazole rings is 1. The van der Waals surface area contributed by atoms with Crippen molar-refractivity contribution >= 4 is 22.4 Å². The van der Waals surface area contributed by atoms with Crippen LogP contribution in [0.4, 0.5) is 5.13 Å². The van der Waals surface area contributed by atoms with E-state index in [-0.39, 0.29) is 5.91 Å². The number of aromatic nitrogens is 1. The van der Waals surface area contributed by atoms with E-state index in [1.54, 1.807) is 0 Å². The lowest BCUT2D eigenvalue weighted by Gasteiger charge is -2.09. The fourth-order valence-electron chi connectivity index (χ4n) is 2.82. The Labute approximate surface area is 144 Å². The van der Waals surface area contributed by atoms with Crippen LogP contribution in [0.5, 0.6) is 5.75 Å². The SMILES string of the molecule is Cc1nc(NC(=O)C2Cc3ccccc3O2)sc1-c1ccccc1. The van der Waals surface area contributed by atoms with Gasteiger partial charge >= 0.3 is 0 Å². The minimum absolute atomic E-state index is 0.153. The van der Waals surface area contributed by atoms with E-state index < -0.39 is 6.10 Å². The maximum atomic E-state index is 12.5. The molecule has 0 saturated heterocycles. The van der Waals surface area contributed by atoms with Crippen LogP contribution in [0.3, 0.4) is 0 Å². The van der Waals surface area contributed by atoms with Gasteiger partial charge in [0.1, 0.15) is 5.75 Å². The normalized spacial score (nSPS) is 15.6. The number of fused-ring (bicyclic) bond motifs is 1. The van der Waals surface area contributed by atoms with Gasteiger partial charge in [-0.15, -0.1) is 0 Å². The quantitative estimate of drug-likeness (QED) is 0.785. The number of rotatable bonds is 3. The molecule has 0 fully saturated rings. The van der Waals surface area contributed by atoms with Crippen molar-refractivity contribution in [1.82, 2.24) is 4.98 Å². The molecular formula is C19H16N2O2S.